The van der Waals surface area contributed by atoms with Crippen LogP contribution in [0.15, 0.2) is 0 Å². The molecule has 0 spiro atoms. The van der Waals surface area contributed by atoms with Crippen LogP contribution in [0.25, 0.3) is 0 Å². The van der Waals surface area contributed by atoms with Crippen molar-refractivity contribution in [3.05, 3.63) is 0 Å². The van der Waals surface area contributed by atoms with Crippen molar-refractivity contribution in [3.8, 4) is 0 Å². The third kappa shape index (κ3) is 14.8. The maximum atomic E-state index is 11.7. The van der Waals surface area contributed by atoms with Gasteiger partial charge in [-0.25, -0.2) is 0 Å². The molecule has 0 radical (unpaired) electrons. The quantitative estimate of drug-likeness (QED) is 0.217. The molecule has 0 bridgehead atoms. The zero-order valence-corrected chi connectivity index (χ0v) is 19.0. The Bertz CT molecular complexity index is 511. The van der Waals surface area contributed by atoms with E-state index in [1.54, 1.807) is 21.6 Å². The minimum atomic E-state index is -0.177. The SMILES string of the molecule is CCC(C)C(=O)OCCSSCCC(=O)NCCNC(=O)CCC(=O)C(C)C.[HH].[HH]. The Kier molecular flexibility index (Phi) is 16.0. The summed E-state index contributed by atoms with van der Waals surface area (Å²) in [5, 5.41) is 5.43. The highest BCUT2D eigenvalue weighted by Crippen LogP contribution is 2.21. The van der Waals surface area contributed by atoms with Crippen LogP contribution in [-0.2, 0) is 23.9 Å². The highest BCUT2D eigenvalue weighted by atomic mass is 33.1. The molecule has 0 heterocycles. The van der Waals surface area contributed by atoms with Gasteiger partial charge in [0, 0.05) is 52.6 Å². The molecule has 9 heteroatoms. The molecule has 1 atom stereocenters. The number of nitrogens with one attached hydrogen (secondary N) is 2. The molecule has 0 aliphatic heterocycles. The first-order valence-corrected chi connectivity index (χ1v) is 12.2. The Hall–Kier alpha value is -1.22. The summed E-state index contributed by atoms with van der Waals surface area (Å²) in [6, 6.07) is 0. The largest absolute Gasteiger partial charge is 0.465 e. The third-order valence-corrected chi connectivity index (χ3v) is 6.30. The summed E-state index contributed by atoms with van der Waals surface area (Å²) in [5.41, 5.74) is 0. The van der Waals surface area contributed by atoms with Crippen molar-refractivity contribution in [2.45, 2.75) is 53.4 Å². The lowest BCUT2D eigenvalue weighted by Crippen LogP contribution is -2.34. The maximum absolute atomic E-state index is 11.7. The summed E-state index contributed by atoms with van der Waals surface area (Å²) in [7, 11) is 3.14. The molecule has 2 amide bonds. The van der Waals surface area contributed by atoms with Crippen LogP contribution in [-0.4, -0.2) is 54.8 Å². The lowest BCUT2D eigenvalue weighted by Gasteiger charge is -2.09. The number of carbonyl (C=O) groups excluding carboxylic acids is 4. The molecule has 1 unspecified atom stereocenters. The van der Waals surface area contributed by atoms with E-state index in [4.69, 9.17) is 4.74 Å². The molecule has 166 valence electrons. The first-order chi connectivity index (χ1) is 13.3. The lowest BCUT2D eigenvalue weighted by molar-refractivity contribution is -0.147. The Morgan fingerprint density at radius 2 is 1.46 bits per heavy atom. The molecule has 0 fully saturated rings. The van der Waals surface area contributed by atoms with Crippen molar-refractivity contribution < 1.29 is 26.8 Å². The molecule has 0 aliphatic carbocycles. The molecule has 2 N–H and O–H groups in total. The number of ketones is 1. The highest BCUT2D eigenvalue weighted by molar-refractivity contribution is 8.76. The van der Waals surface area contributed by atoms with Gasteiger partial charge in [0.2, 0.25) is 11.8 Å². The van der Waals surface area contributed by atoms with E-state index in [0.717, 1.165) is 6.42 Å². The average molecular weight is 439 g/mol. The summed E-state index contributed by atoms with van der Waals surface area (Å²) in [4.78, 5) is 46.2. The summed E-state index contributed by atoms with van der Waals surface area (Å²) < 4.78 is 5.14. The van der Waals surface area contributed by atoms with Crippen molar-refractivity contribution in [3.63, 3.8) is 0 Å². The smallest absolute Gasteiger partial charge is 0.308 e. The van der Waals surface area contributed by atoms with Crippen LogP contribution in [0.3, 0.4) is 0 Å². The van der Waals surface area contributed by atoms with Crippen LogP contribution < -0.4 is 10.6 Å². The van der Waals surface area contributed by atoms with Crippen LogP contribution >= 0.6 is 21.6 Å². The molecular formula is C19H38N2O5S2. The second-order valence-corrected chi connectivity index (χ2v) is 9.39. The fourth-order valence-corrected chi connectivity index (χ4v) is 3.66. The summed E-state index contributed by atoms with van der Waals surface area (Å²) in [6.07, 6.45) is 1.60. The molecule has 0 aromatic carbocycles. The van der Waals surface area contributed by atoms with Crippen molar-refractivity contribution in [2.75, 3.05) is 31.2 Å². The second-order valence-electron chi connectivity index (χ2n) is 6.69. The molecule has 28 heavy (non-hydrogen) atoms. The van der Waals surface area contributed by atoms with Gasteiger partial charge in [-0.1, -0.05) is 49.3 Å². The van der Waals surface area contributed by atoms with Crippen molar-refractivity contribution in [1.29, 1.82) is 0 Å². The molecule has 7 nitrogen and oxygen atoms in total. The zero-order valence-electron chi connectivity index (χ0n) is 17.4. The number of carbonyl (C=O) groups is 4. The second kappa shape index (κ2) is 16.7. The number of esters is 1. The minimum Gasteiger partial charge on any atom is -0.465 e. The van der Waals surface area contributed by atoms with Gasteiger partial charge in [0.05, 0.1) is 5.92 Å². The van der Waals surface area contributed by atoms with E-state index < -0.39 is 0 Å². The summed E-state index contributed by atoms with van der Waals surface area (Å²) >= 11 is 0. The van der Waals surface area contributed by atoms with Crippen LogP contribution in [0.1, 0.15) is 56.2 Å². The number of hydrogen-bond donors (Lipinski definition) is 2. The van der Waals surface area contributed by atoms with Gasteiger partial charge in [-0.2, -0.15) is 0 Å². The van der Waals surface area contributed by atoms with Crippen LogP contribution in [0, 0.1) is 11.8 Å². The predicted molar refractivity (Wildman–Crippen MR) is 119 cm³/mol. The van der Waals surface area contributed by atoms with E-state index in [1.807, 2.05) is 27.7 Å². The minimum absolute atomic E-state index is 0. The molecule has 0 rings (SSSR count). The Morgan fingerprint density at radius 1 is 0.893 bits per heavy atom. The topological polar surface area (TPSA) is 102 Å². The van der Waals surface area contributed by atoms with E-state index in [9.17, 15) is 19.2 Å². The fraction of sp³-hybridized carbons (Fsp3) is 0.789. The van der Waals surface area contributed by atoms with E-state index in [2.05, 4.69) is 10.6 Å². The summed E-state index contributed by atoms with van der Waals surface area (Å²) in [6.45, 7) is 8.53. The number of Topliss-reactive ketones (excluding diaryl/α,β-unsaturated/α-hetero) is 1. The highest BCUT2D eigenvalue weighted by Gasteiger charge is 2.11. The molecular weight excluding hydrogens is 400 g/mol. The summed E-state index contributed by atoms with van der Waals surface area (Å²) in [5.74, 6) is 0.916. The van der Waals surface area contributed by atoms with Gasteiger partial charge >= 0.3 is 5.97 Å². The van der Waals surface area contributed by atoms with E-state index in [0.29, 0.717) is 37.6 Å². The monoisotopic (exact) mass is 438 g/mol. The van der Waals surface area contributed by atoms with Gasteiger partial charge in [-0.05, 0) is 6.42 Å². The first-order valence-electron chi connectivity index (χ1n) is 9.75. The first kappa shape index (κ1) is 26.8. The fourth-order valence-electron chi connectivity index (χ4n) is 1.84. The van der Waals surface area contributed by atoms with Crippen molar-refractivity contribution in [2.24, 2.45) is 11.8 Å². The Morgan fingerprint density at radius 3 is 2.04 bits per heavy atom. The van der Waals surface area contributed by atoms with Gasteiger partial charge in [-0.15, -0.1) is 0 Å². The van der Waals surface area contributed by atoms with Crippen LogP contribution in [0.2, 0.25) is 0 Å². The lowest BCUT2D eigenvalue weighted by atomic mass is 10.0. The van der Waals surface area contributed by atoms with Gasteiger partial charge in [0.1, 0.15) is 12.4 Å². The van der Waals surface area contributed by atoms with Gasteiger partial charge < -0.3 is 15.4 Å². The maximum Gasteiger partial charge on any atom is 0.308 e. The van der Waals surface area contributed by atoms with Crippen LogP contribution in [0.4, 0.5) is 0 Å². The van der Waals surface area contributed by atoms with Crippen molar-refractivity contribution in [1.82, 2.24) is 10.6 Å². The molecule has 0 aromatic rings. The Labute approximate surface area is 179 Å². The number of rotatable bonds is 16. The van der Waals surface area contributed by atoms with Gasteiger partial charge in [0.15, 0.2) is 0 Å². The number of amides is 2. The molecule has 0 aromatic heterocycles. The molecule has 0 saturated heterocycles. The van der Waals surface area contributed by atoms with E-state index in [-0.39, 0.29) is 51.1 Å². The molecule has 0 saturated carbocycles. The standard InChI is InChI=1S/C19H34N2O5S2.2H2/c1-5-15(4)19(25)26-11-13-28-27-12-8-18(24)21-10-9-20-17(23)7-6-16(22)14(2)3;;/h14-15H,5-13H2,1-4H3,(H,20,23)(H,21,24);2*1H. The van der Waals surface area contributed by atoms with Crippen LogP contribution in [0.5, 0.6) is 0 Å². The van der Waals surface area contributed by atoms with Crippen molar-refractivity contribution >= 4 is 45.2 Å². The number of ether oxygens (including phenoxy) is 1. The third-order valence-electron chi connectivity index (χ3n) is 3.93. The zero-order chi connectivity index (χ0) is 21.4. The Balaban J connectivity index is -0.00000364. The van der Waals surface area contributed by atoms with Gasteiger partial charge in [0.25, 0.3) is 0 Å². The molecule has 0 aliphatic rings. The normalized spacial score (nSPS) is 11.8. The van der Waals surface area contributed by atoms with E-state index in [1.165, 1.54) is 0 Å². The predicted octanol–water partition coefficient (Wildman–Crippen LogP) is 3.08. The van der Waals surface area contributed by atoms with E-state index >= 15 is 0 Å². The number of hydrogen-bond acceptors (Lipinski definition) is 7. The average Bonchev–Trinajstić information content (AvgIpc) is 2.67. The van der Waals surface area contributed by atoms with Gasteiger partial charge in [-0.3, -0.25) is 19.2 Å².